The van der Waals surface area contributed by atoms with Crippen molar-refractivity contribution >= 4 is 33.2 Å². The van der Waals surface area contributed by atoms with Gasteiger partial charge >= 0.3 is 0 Å². The van der Waals surface area contributed by atoms with Crippen LogP contribution in [0.25, 0.3) is 26.3 Å². The molecule has 0 radical (unpaired) electrons. The van der Waals surface area contributed by atoms with Gasteiger partial charge in [0.2, 0.25) is 0 Å². The molecule has 0 amide bonds. The molecule has 0 unspecified atom stereocenters. The minimum absolute atomic E-state index is 0.151. The predicted octanol–water partition coefficient (Wildman–Crippen LogP) is 5.85. The smallest absolute Gasteiger partial charge is 0.275 e. The van der Waals surface area contributed by atoms with Gasteiger partial charge in [0, 0.05) is 16.0 Å². The van der Waals surface area contributed by atoms with Gasteiger partial charge in [-0.05, 0) is 48.7 Å². The van der Waals surface area contributed by atoms with Gasteiger partial charge in [-0.2, -0.15) is 0 Å². The Kier molecular flexibility index (Phi) is 6.34. The van der Waals surface area contributed by atoms with E-state index in [1.54, 1.807) is 25.3 Å². The summed E-state index contributed by atoms with van der Waals surface area (Å²) in [5.74, 6) is 1.03. The molecule has 176 valence electrons. The Morgan fingerprint density at radius 1 is 1.09 bits per heavy atom. The van der Waals surface area contributed by atoms with Crippen molar-refractivity contribution in [3.05, 3.63) is 70.2 Å². The second-order valence-electron chi connectivity index (χ2n) is 8.66. The second-order valence-corrected chi connectivity index (χ2v) is 10.1. The van der Waals surface area contributed by atoms with Crippen molar-refractivity contribution in [1.29, 1.82) is 0 Å². The number of ether oxygens (including phenoxy) is 2. The number of hydrogen-bond acceptors (Lipinski definition) is 6. The number of aromatic nitrogens is 2. The van der Waals surface area contributed by atoms with Gasteiger partial charge < -0.3 is 14.6 Å². The van der Waals surface area contributed by atoms with Gasteiger partial charge in [0.25, 0.3) is 5.56 Å². The first-order valence-electron chi connectivity index (χ1n) is 11.3. The van der Waals surface area contributed by atoms with Gasteiger partial charge in [-0.3, -0.25) is 9.36 Å². The SMILES string of the molecule is COc1cc(-n2cnc3cc(-c4ccc(Cl)cc4)sc3c2=O)ccc1OCC1(O)CCCCC1. The van der Waals surface area contributed by atoms with E-state index in [0.29, 0.717) is 32.4 Å². The molecule has 1 aliphatic rings. The van der Waals surface area contributed by atoms with Gasteiger partial charge in [0.05, 0.1) is 23.9 Å². The first-order valence-corrected chi connectivity index (χ1v) is 12.5. The minimum atomic E-state index is -0.797. The van der Waals surface area contributed by atoms with Crippen LogP contribution in [0.3, 0.4) is 0 Å². The van der Waals surface area contributed by atoms with Crippen LogP contribution in [0.5, 0.6) is 11.5 Å². The molecule has 6 nitrogen and oxygen atoms in total. The molecule has 0 saturated heterocycles. The van der Waals surface area contributed by atoms with Gasteiger partial charge in [0.1, 0.15) is 17.6 Å². The van der Waals surface area contributed by atoms with Crippen LogP contribution in [-0.2, 0) is 0 Å². The van der Waals surface area contributed by atoms with E-state index in [1.807, 2.05) is 30.3 Å². The molecular weight excluding hydrogens is 472 g/mol. The molecule has 8 heteroatoms. The number of benzene rings is 2. The van der Waals surface area contributed by atoms with E-state index in [4.69, 9.17) is 21.1 Å². The number of methoxy groups -OCH3 is 1. The first kappa shape index (κ1) is 22.9. The molecule has 0 atom stereocenters. The van der Waals surface area contributed by atoms with Crippen molar-refractivity contribution < 1.29 is 14.6 Å². The number of rotatable bonds is 6. The third-order valence-corrected chi connectivity index (χ3v) is 7.69. The molecule has 34 heavy (non-hydrogen) atoms. The number of thiophene rings is 1. The molecule has 0 bridgehead atoms. The third kappa shape index (κ3) is 4.56. The minimum Gasteiger partial charge on any atom is -0.493 e. The molecule has 1 saturated carbocycles. The van der Waals surface area contributed by atoms with Gasteiger partial charge in [-0.1, -0.05) is 43.0 Å². The Hall–Kier alpha value is -2.87. The summed E-state index contributed by atoms with van der Waals surface area (Å²) in [5, 5.41) is 11.4. The molecule has 2 aromatic heterocycles. The van der Waals surface area contributed by atoms with Crippen molar-refractivity contribution in [3.63, 3.8) is 0 Å². The van der Waals surface area contributed by atoms with Crippen molar-refractivity contribution in [2.24, 2.45) is 0 Å². The molecule has 2 heterocycles. The lowest BCUT2D eigenvalue weighted by Crippen LogP contribution is -2.37. The van der Waals surface area contributed by atoms with Crippen LogP contribution in [0, 0.1) is 0 Å². The first-order chi connectivity index (χ1) is 16.5. The summed E-state index contributed by atoms with van der Waals surface area (Å²) < 4.78 is 13.5. The zero-order valence-electron chi connectivity index (χ0n) is 18.8. The van der Waals surface area contributed by atoms with Crippen LogP contribution in [0.4, 0.5) is 0 Å². The van der Waals surface area contributed by atoms with Crippen molar-refractivity contribution in [3.8, 4) is 27.6 Å². The number of fused-ring (bicyclic) bond motifs is 1. The Balaban J connectivity index is 1.44. The summed E-state index contributed by atoms with van der Waals surface area (Å²) in [5.41, 5.74) is 1.32. The van der Waals surface area contributed by atoms with Crippen LogP contribution in [0.15, 0.2) is 59.7 Å². The van der Waals surface area contributed by atoms with Gasteiger partial charge in [-0.25, -0.2) is 4.98 Å². The summed E-state index contributed by atoms with van der Waals surface area (Å²) in [4.78, 5) is 18.8. The van der Waals surface area contributed by atoms with E-state index in [-0.39, 0.29) is 12.2 Å². The largest absolute Gasteiger partial charge is 0.493 e. The van der Waals surface area contributed by atoms with Crippen LogP contribution < -0.4 is 15.0 Å². The van der Waals surface area contributed by atoms with Crippen LogP contribution >= 0.6 is 22.9 Å². The predicted molar refractivity (Wildman–Crippen MR) is 136 cm³/mol. The zero-order chi connectivity index (χ0) is 23.7. The molecule has 2 aromatic carbocycles. The van der Waals surface area contributed by atoms with Crippen molar-refractivity contribution in [2.45, 2.75) is 37.7 Å². The lowest BCUT2D eigenvalue weighted by Gasteiger charge is -2.31. The van der Waals surface area contributed by atoms with E-state index in [9.17, 15) is 9.90 Å². The summed E-state index contributed by atoms with van der Waals surface area (Å²) in [6, 6.07) is 14.8. The molecular formula is C26H25ClN2O4S. The summed E-state index contributed by atoms with van der Waals surface area (Å²) in [6.07, 6.45) is 6.19. The fraction of sp³-hybridized carbons (Fsp3) is 0.308. The highest BCUT2D eigenvalue weighted by Gasteiger charge is 2.30. The van der Waals surface area contributed by atoms with E-state index in [2.05, 4.69) is 4.98 Å². The fourth-order valence-corrected chi connectivity index (χ4v) is 5.52. The average Bonchev–Trinajstić information content (AvgIpc) is 3.29. The van der Waals surface area contributed by atoms with E-state index < -0.39 is 5.60 Å². The fourth-order valence-electron chi connectivity index (χ4n) is 4.34. The van der Waals surface area contributed by atoms with E-state index >= 15 is 0 Å². The maximum atomic E-state index is 13.3. The average molecular weight is 497 g/mol. The van der Waals surface area contributed by atoms with Crippen LogP contribution in [-0.4, -0.2) is 34.0 Å². The maximum absolute atomic E-state index is 13.3. The number of nitrogens with zero attached hydrogens (tertiary/aromatic N) is 2. The Morgan fingerprint density at radius 2 is 1.85 bits per heavy atom. The van der Waals surface area contributed by atoms with Gasteiger partial charge in [0.15, 0.2) is 11.5 Å². The lowest BCUT2D eigenvalue weighted by molar-refractivity contribution is -0.0343. The zero-order valence-corrected chi connectivity index (χ0v) is 20.4. The van der Waals surface area contributed by atoms with E-state index in [0.717, 1.165) is 42.5 Å². The van der Waals surface area contributed by atoms with Crippen LogP contribution in [0.2, 0.25) is 5.02 Å². The molecule has 1 aliphatic carbocycles. The highest BCUT2D eigenvalue weighted by atomic mass is 35.5. The molecule has 1 N–H and O–H groups in total. The topological polar surface area (TPSA) is 73.6 Å². The quantitative estimate of drug-likeness (QED) is 0.362. The van der Waals surface area contributed by atoms with Crippen molar-refractivity contribution in [1.82, 2.24) is 9.55 Å². The summed E-state index contributed by atoms with van der Waals surface area (Å²) >= 11 is 7.41. The number of aliphatic hydroxyl groups is 1. The highest BCUT2D eigenvalue weighted by Crippen LogP contribution is 2.34. The second kappa shape index (κ2) is 9.41. The monoisotopic (exact) mass is 496 g/mol. The normalized spacial score (nSPS) is 15.4. The molecule has 4 aromatic rings. The Labute approximate surface area is 206 Å². The number of hydrogen-bond donors (Lipinski definition) is 1. The Morgan fingerprint density at radius 3 is 2.59 bits per heavy atom. The van der Waals surface area contributed by atoms with E-state index in [1.165, 1.54) is 22.2 Å². The third-order valence-electron chi connectivity index (χ3n) is 6.27. The number of halogens is 1. The Bertz CT molecular complexity index is 1370. The highest BCUT2D eigenvalue weighted by molar-refractivity contribution is 7.22. The summed E-state index contributed by atoms with van der Waals surface area (Å²) in [6.45, 7) is 0.221. The molecule has 1 fully saturated rings. The lowest BCUT2D eigenvalue weighted by atomic mass is 9.85. The summed E-state index contributed by atoms with van der Waals surface area (Å²) in [7, 11) is 1.56. The van der Waals surface area contributed by atoms with Crippen molar-refractivity contribution in [2.75, 3.05) is 13.7 Å². The van der Waals surface area contributed by atoms with Crippen LogP contribution in [0.1, 0.15) is 32.1 Å². The standard InChI is InChI=1S/C26H25ClN2O4S/c1-32-22-13-19(9-10-21(22)33-15-26(31)11-3-2-4-12-26)29-16-28-20-14-23(34-24(20)25(29)30)17-5-7-18(27)8-6-17/h5-10,13-14,16,31H,2-4,11-12,15H2,1H3. The maximum Gasteiger partial charge on any atom is 0.275 e. The molecule has 5 rings (SSSR count). The molecule has 0 aliphatic heterocycles. The molecule has 0 spiro atoms. The van der Waals surface area contributed by atoms with Gasteiger partial charge in [-0.15, -0.1) is 11.3 Å².